The van der Waals surface area contributed by atoms with Crippen LogP contribution in [0, 0.1) is 12.8 Å². The van der Waals surface area contributed by atoms with Crippen LogP contribution in [-0.2, 0) is 4.79 Å². The van der Waals surface area contributed by atoms with Crippen molar-refractivity contribution in [2.45, 2.75) is 32.2 Å². The van der Waals surface area contributed by atoms with Crippen LogP contribution >= 0.6 is 12.4 Å². The molecule has 3 atom stereocenters. The van der Waals surface area contributed by atoms with Crippen LogP contribution < -0.4 is 5.73 Å². The van der Waals surface area contributed by atoms with E-state index in [0.717, 1.165) is 6.42 Å². The Bertz CT molecular complexity index is 450. The molecule has 1 aliphatic rings. The summed E-state index contributed by atoms with van der Waals surface area (Å²) in [4.78, 5) is 14.1. The van der Waals surface area contributed by atoms with Crippen LogP contribution in [0.25, 0.3) is 0 Å². The van der Waals surface area contributed by atoms with Gasteiger partial charge >= 0.3 is 0 Å². The first-order valence-electron chi connectivity index (χ1n) is 6.58. The summed E-state index contributed by atoms with van der Waals surface area (Å²) >= 11 is 0. The third-order valence-corrected chi connectivity index (χ3v) is 4.05. The van der Waals surface area contributed by atoms with E-state index in [2.05, 4.69) is 25.1 Å². The number of carbonyl (C=O) groups is 1. The molecule has 0 heterocycles. The van der Waals surface area contributed by atoms with Gasteiger partial charge < -0.3 is 10.6 Å². The van der Waals surface area contributed by atoms with Crippen molar-refractivity contribution < 1.29 is 4.79 Å². The Morgan fingerprint density at radius 2 is 2.11 bits per heavy atom. The number of amides is 1. The Balaban J connectivity index is 0.00000180. The Morgan fingerprint density at radius 3 is 2.68 bits per heavy atom. The maximum atomic E-state index is 12.3. The Morgan fingerprint density at radius 1 is 1.47 bits per heavy atom. The molecule has 0 bridgehead atoms. The van der Waals surface area contributed by atoms with Gasteiger partial charge in [-0.2, -0.15) is 0 Å². The van der Waals surface area contributed by atoms with E-state index in [-0.39, 0.29) is 30.3 Å². The molecule has 0 radical (unpaired) electrons. The highest BCUT2D eigenvalue weighted by atomic mass is 35.5. The molecule has 1 aromatic rings. The fourth-order valence-electron chi connectivity index (χ4n) is 2.45. The van der Waals surface area contributed by atoms with E-state index in [0.29, 0.717) is 12.5 Å². The topological polar surface area (TPSA) is 46.3 Å². The lowest BCUT2D eigenvalue weighted by molar-refractivity contribution is -0.133. The zero-order valence-electron chi connectivity index (χ0n) is 11.8. The quantitative estimate of drug-likeness (QED) is 0.921. The second kappa shape index (κ2) is 6.40. The van der Waals surface area contributed by atoms with Crippen molar-refractivity contribution in [2.24, 2.45) is 11.7 Å². The average Bonchev–Trinajstić information content (AvgIpc) is 3.16. The van der Waals surface area contributed by atoms with Crippen LogP contribution in [0.4, 0.5) is 0 Å². The van der Waals surface area contributed by atoms with E-state index >= 15 is 0 Å². The summed E-state index contributed by atoms with van der Waals surface area (Å²) in [6.45, 7) is 4.62. The summed E-state index contributed by atoms with van der Waals surface area (Å²) in [5, 5.41) is 0. The summed E-state index contributed by atoms with van der Waals surface area (Å²) in [6.07, 6.45) is 0.977. The van der Waals surface area contributed by atoms with Gasteiger partial charge in [0, 0.05) is 25.6 Å². The van der Waals surface area contributed by atoms with Gasteiger partial charge in [0.2, 0.25) is 5.91 Å². The first-order valence-corrected chi connectivity index (χ1v) is 6.58. The molecule has 4 heteroatoms. The Kier molecular flexibility index (Phi) is 5.39. The third-order valence-electron chi connectivity index (χ3n) is 4.05. The van der Waals surface area contributed by atoms with Crippen molar-refractivity contribution >= 4 is 18.3 Å². The molecule has 2 rings (SSSR count). The molecule has 0 saturated heterocycles. The lowest BCUT2D eigenvalue weighted by Crippen LogP contribution is -2.40. The zero-order chi connectivity index (χ0) is 13.3. The van der Waals surface area contributed by atoms with E-state index in [4.69, 9.17) is 5.73 Å². The highest BCUT2D eigenvalue weighted by Gasteiger charge is 2.46. The fraction of sp³-hybridized carbons (Fsp3) is 0.533. The van der Waals surface area contributed by atoms with Gasteiger partial charge in [-0.05, 0) is 37.3 Å². The summed E-state index contributed by atoms with van der Waals surface area (Å²) in [7, 11) is 1.85. The number of hydrogen-bond donors (Lipinski definition) is 1. The van der Waals surface area contributed by atoms with Crippen LogP contribution in [0.15, 0.2) is 24.3 Å². The minimum absolute atomic E-state index is 0. The van der Waals surface area contributed by atoms with E-state index in [1.807, 2.05) is 20.0 Å². The average molecular weight is 283 g/mol. The molecule has 2 N–H and O–H groups in total. The van der Waals surface area contributed by atoms with Crippen LogP contribution in [0.5, 0.6) is 0 Å². The predicted octanol–water partition coefficient (Wildman–Crippen LogP) is 2.33. The zero-order valence-corrected chi connectivity index (χ0v) is 12.6. The molecule has 1 saturated carbocycles. The van der Waals surface area contributed by atoms with E-state index in [1.165, 1.54) is 11.1 Å². The monoisotopic (exact) mass is 282 g/mol. The Labute approximate surface area is 121 Å². The summed E-state index contributed by atoms with van der Waals surface area (Å²) in [5.74, 6) is 0.803. The van der Waals surface area contributed by atoms with Crippen molar-refractivity contribution in [3.8, 4) is 0 Å². The van der Waals surface area contributed by atoms with E-state index in [9.17, 15) is 4.79 Å². The van der Waals surface area contributed by atoms with Crippen molar-refractivity contribution in [1.82, 2.24) is 4.90 Å². The van der Waals surface area contributed by atoms with Crippen molar-refractivity contribution in [2.75, 3.05) is 13.6 Å². The number of carbonyl (C=O) groups excluding carboxylic acids is 1. The predicted molar refractivity (Wildman–Crippen MR) is 80.6 cm³/mol. The maximum absolute atomic E-state index is 12.3. The second-order valence-electron chi connectivity index (χ2n) is 5.34. The second-order valence-corrected chi connectivity index (χ2v) is 5.34. The molecule has 0 aromatic heterocycles. The standard InChI is InChI=1S/C15H22N2O.ClH/c1-10-6-4-5-7-12(10)13-8-14(13)15(18)17(3)11(2)9-16;/h4-7,11,13-14H,8-9,16H2,1-3H3;1H. The van der Waals surface area contributed by atoms with Gasteiger partial charge in [-0.1, -0.05) is 24.3 Å². The smallest absolute Gasteiger partial charge is 0.226 e. The lowest BCUT2D eigenvalue weighted by Gasteiger charge is -2.23. The first kappa shape index (κ1) is 16.0. The van der Waals surface area contributed by atoms with Crippen LogP contribution in [0.2, 0.25) is 0 Å². The fourth-order valence-corrected chi connectivity index (χ4v) is 2.45. The number of halogens is 1. The molecule has 106 valence electrons. The molecule has 3 unspecified atom stereocenters. The van der Waals surface area contributed by atoms with Crippen LogP contribution in [0.1, 0.15) is 30.4 Å². The molecule has 3 nitrogen and oxygen atoms in total. The van der Waals surface area contributed by atoms with E-state index in [1.54, 1.807) is 4.90 Å². The molecule has 1 amide bonds. The van der Waals surface area contributed by atoms with Crippen molar-refractivity contribution in [3.05, 3.63) is 35.4 Å². The number of hydrogen-bond acceptors (Lipinski definition) is 2. The third kappa shape index (κ3) is 3.28. The molecule has 0 aliphatic heterocycles. The van der Waals surface area contributed by atoms with Gasteiger partial charge in [0.25, 0.3) is 0 Å². The van der Waals surface area contributed by atoms with Gasteiger partial charge in [-0.15, -0.1) is 12.4 Å². The van der Waals surface area contributed by atoms with Gasteiger partial charge in [-0.3, -0.25) is 4.79 Å². The molecule has 1 aliphatic carbocycles. The van der Waals surface area contributed by atoms with Crippen LogP contribution in [-0.4, -0.2) is 30.4 Å². The minimum atomic E-state index is 0. The largest absolute Gasteiger partial charge is 0.342 e. The molecule has 19 heavy (non-hydrogen) atoms. The lowest BCUT2D eigenvalue weighted by atomic mass is 10.0. The maximum Gasteiger partial charge on any atom is 0.226 e. The number of nitrogens with zero attached hydrogens (tertiary/aromatic N) is 1. The van der Waals surface area contributed by atoms with Gasteiger partial charge in [-0.25, -0.2) is 0 Å². The molecule has 0 spiro atoms. The SMILES string of the molecule is Cc1ccccc1C1CC1C(=O)N(C)C(C)CN.Cl. The molecule has 1 aromatic carbocycles. The summed E-state index contributed by atoms with van der Waals surface area (Å²) in [5.41, 5.74) is 8.22. The number of nitrogens with two attached hydrogens (primary N) is 1. The van der Waals surface area contributed by atoms with Crippen molar-refractivity contribution in [3.63, 3.8) is 0 Å². The van der Waals surface area contributed by atoms with Gasteiger partial charge in [0.05, 0.1) is 0 Å². The molecular weight excluding hydrogens is 260 g/mol. The highest BCUT2D eigenvalue weighted by Crippen LogP contribution is 2.49. The number of rotatable bonds is 4. The van der Waals surface area contributed by atoms with Crippen LogP contribution in [0.3, 0.4) is 0 Å². The van der Waals surface area contributed by atoms with E-state index < -0.39 is 0 Å². The van der Waals surface area contributed by atoms with Crippen molar-refractivity contribution in [1.29, 1.82) is 0 Å². The summed E-state index contributed by atoms with van der Waals surface area (Å²) < 4.78 is 0. The van der Waals surface area contributed by atoms with Gasteiger partial charge in [0.1, 0.15) is 0 Å². The minimum Gasteiger partial charge on any atom is -0.342 e. The first-order chi connectivity index (χ1) is 8.56. The number of likely N-dealkylation sites (N-methyl/N-ethyl adjacent to an activating group) is 1. The Hall–Kier alpha value is -1.06. The summed E-state index contributed by atoms with van der Waals surface area (Å²) in [6, 6.07) is 8.46. The molecular formula is C15H23ClN2O. The molecule has 1 fully saturated rings. The number of benzene rings is 1. The number of aryl methyl sites for hydroxylation is 1. The highest BCUT2D eigenvalue weighted by molar-refractivity contribution is 5.85. The normalized spacial score (nSPS) is 22.3. The van der Waals surface area contributed by atoms with Gasteiger partial charge in [0.15, 0.2) is 0 Å².